The summed E-state index contributed by atoms with van der Waals surface area (Å²) >= 11 is 0. The van der Waals surface area contributed by atoms with Crippen molar-refractivity contribution in [3.05, 3.63) is 48.3 Å². The van der Waals surface area contributed by atoms with Crippen molar-refractivity contribution in [2.75, 3.05) is 23.8 Å². The minimum Gasteiger partial charge on any atom is -0.486 e. The van der Waals surface area contributed by atoms with E-state index < -0.39 is 0 Å². The molecule has 1 fully saturated rings. The van der Waals surface area contributed by atoms with Crippen LogP contribution >= 0.6 is 0 Å². The molecule has 2 aromatic carbocycles. The van der Waals surface area contributed by atoms with Crippen LogP contribution in [-0.4, -0.2) is 25.0 Å². The highest BCUT2D eigenvalue weighted by molar-refractivity contribution is 5.94. The monoisotopic (exact) mass is 398 g/mol. The Balaban J connectivity index is 1.28. The molecule has 1 aliphatic carbocycles. The maximum atomic E-state index is 13.0. The molecule has 0 unspecified atom stereocenters. The lowest BCUT2D eigenvalue weighted by atomic mass is 9.81. The van der Waals surface area contributed by atoms with Crippen molar-refractivity contribution < 1.29 is 23.5 Å². The number of fused-ring (bicyclic) bond motifs is 1. The number of rotatable bonds is 4. The maximum Gasteiger partial charge on any atom is 0.227 e. The first-order valence-corrected chi connectivity index (χ1v) is 9.85. The van der Waals surface area contributed by atoms with E-state index in [1.165, 1.54) is 12.1 Å². The van der Waals surface area contributed by atoms with Crippen LogP contribution in [0.1, 0.15) is 25.7 Å². The molecule has 1 heterocycles. The number of hydrogen-bond donors (Lipinski definition) is 2. The molecule has 1 aliphatic heterocycles. The molecule has 2 aromatic rings. The van der Waals surface area contributed by atoms with E-state index in [0.717, 1.165) is 0 Å². The van der Waals surface area contributed by atoms with Gasteiger partial charge in [0.2, 0.25) is 11.8 Å². The smallest absolute Gasteiger partial charge is 0.227 e. The van der Waals surface area contributed by atoms with Crippen LogP contribution in [0.5, 0.6) is 11.5 Å². The van der Waals surface area contributed by atoms with Crippen LogP contribution in [0.15, 0.2) is 42.5 Å². The van der Waals surface area contributed by atoms with Crippen molar-refractivity contribution >= 4 is 23.2 Å². The number of nitrogens with one attached hydrogen (secondary N) is 2. The van der Waals surface area contributed by atoms with Gasteiger partial charge < -0.3 is 20.1 Å². The molecule has 0 atom stereocenters. The normalized spacial score (nSPS) is 20.6. The van der Waals surface area contributed by atoms with Gasteiger partial charge in [0.25, 0.3) is 0 Å². The molecule has 0 radical (unpaired) electrons. The van der Waals surface area contributed by atoms with Gasteiger partial charge in [-0.3, -0.25) is 9.59 Å². The summed E-state index contributed by atoms with van der Waals surface area (Å²) in [5, 5.41) is 5.76. The van der Waals surface area contributed by atoms with E-state index in [-0.39, 0.29) is 29.5 Å². The van der Waals surface area contributed by atoms with Gasteiger partial charge in [-0.05, 0) is 62.1 Å². The van der Waals surface area contributed by atoms with Crippen LogP contribution in [0.3, 0.4) is 0 Å². The Kier molecular flexibility index (Phi) is 5.64. The summed E-state index contributed by atoms with van der Waals surface area (Å²) in [6.45, 7) is 1.02. The number of ether oxygens (including phenoxy) is 2. The average Bonchev–Trinajstić information content (AvgIpc) is 2.75. The summed E-state index contributed by atoms with van der Waals surface area (Å²) in [7, 11) is 0. The van der Waals surface area contributed by atoms with Crippen LogP contribution in [-0.2, 0) is 9.59 Å². The van der Waals surface area contributed by atoms with Crippen molar-refractivity contribution in [1.29, 1.82) is 0 Å². The number of hydrogen-bond acceptors (Lipinski definition) is 4. The third-order valence-corrected chi connectivity index (χ3v) is 5.39. The van der Waals surface area contributed by atoms with E-state index >= 15 is 0 Å². The first-order chi connectivity index (χ1) is 14.1. The third-order valence-electron chi connectivity index (χ3n) is 5.39. The Labute approximate surface area is 168 Å². The van der Waals surface area contributed by atoms with Crippen LogP contribution in [0.25, 0.3) is 0 Å². The first-order valence-electron chi connectivity index (χ1n) is 9.85. The van der Waals surface area contributed by atoms with E-state index in [2.05, 4.69) is 10.6 Å². The second-order valence-corrected chi connectivity index (χ2v) is 7.39. The first kappa shape index (κ1) is 19.2. The second-order valence-electron chi connectivity index (χ2n) is 7.39. The summed E-state index contributed by atoms with van der Waals surface area (Å²) < 4.78 is 24.0. The van der Waals surface area contributed by atoms with E-state index in [9.17, 15) is 14.0 Å². The van der Waals surface area contributed by atoms with Crippen LogP contribution in [0.2, 0.25) is 0 Å². The van der Waals surface area contributed by atoms with Gasteiger partial charge in [0.15, 0.2) is 11.5 Å². The quantitative estimate of drug-likeness (QED) is 0.817. The minimum absolute atomic E-state index is 0.0425. The van der Waals surface area contributed by atoms with Crippen molar-refractivity contribution in [2.45, 2.75) is 25.7 Å². The zero-order chi connectivity index (χ0) is 20.2. The molecule has 0 saturated heterocycles. The fourth-order valence-electron chi connectivity index (χ4n) is 3.76. The van der Waals surface area contributed by atoms with Gasteiger partial charge in [0.05, 0.1) is 0 Å². The van der Waals surface area contributed by atoms with Gasteiger partial charge >= 0.3 is 0 Å². The van der Waals surface area contributed by atoms with Crippen LogP contribution in [0, 0.1) is 17.7 Å². The molecule has 0 aromatic heterocycles. The molecule has 29 heavy (non-hydrogen) atoms. The number of halogens is 1. The molecular formula is C22H23FN2O4. The maximum absolute atomic E-state index is 13.0. The Bertz CT molecular complexity index is 892. The van der Waals surface area contributed by atoms with Crippen molar-refractivity contribution in [1.82, 2.24) is 0 Å². The zero-order valence-electron chi connectivity index (χ0n) is 15.9. The third kappa shape index (κ3) is 4.67. The lowest BCUT2D eigenvalue weighted by Gasteiger charge is -2.27. The van der Waals surface area contributed by atoms with Gasteiger partial charge in [-0.15, -0.1) is 0 Å². The summed E-state index contributed by atoms with van der Waals surface area (Å²) in [6.07, 6.45) is 2.59. The minimum atomic E-state index is -0.340. The molecule has 7 heteroatoms. The van der Waals surface area contributed by atoms with E-state index in [1.54, 1.807) is 30.3 Å². The van der Waals surface area contributed by atoms with Gasteiger partial charge in [-0.2, -0.15) is 0 Å². The van der Waals surface area contributed by atoms with Gasteiger partial charge in [0, 0.05) is 29.3 Å². The van der Waals surface area contributed by atoms with Crippen molar-refractivity contribution in [3.63, 3.8) is 0 Å². The lowest BCUT2D eigenvalue weighted by Crippen LogP contribution is -2.32. The Hall–Kier alpha value is -3.09. The van der Waals surface area contributed by atoms with Gasteiger partial charge in [-0.1, -0.05) is 0 Å². The number of carbonyl (C=O) groups excluding carboxylic acids is 2. The molecule has 0 spiro atoms. The summed E-state index contributed by atoms with van der Waals surface area (Å²) in [4.78, 5) is 25.0. The highest BCUT2D eigenvalue weighted by atomic mass is 19.1. The predicted octanol–water partition coefficient (Wildman–Crippen LogP) is 3.98. The molecule has 6 nitrogen and oxygen atoms in total. The molecule has 152 valence electrons. The Morgan fingerprint density at radius 1 is 0.759 bits per heavy atom. The van der Waals surface area contributed by atoms with Gasteiger partial charge in [-0.25, -0.2) is 4.39 Å². The van der Waals surface area contributed by atoms with Gasteiger partial charge in [0.1, 0.15) is 19.0 Å². The SMILES string of the molecule is O=C(Nc1ccc(F)cc1)C1CCC(C(=O)Nc2ccc3c(c2)OCCO3)CC1. The number of benzene rings is 2. The Morgan fingerprint density at radius 2 is 1.28 bits per heavy atom. The standard InChI is InChI=1S/C22H23FN2O4/c23-16-5-7-17(8-6-16)24-21(26)14-1-3-15(4-2-14)22(27)25-18-9-10-19-20(13-18)29-12-11-28-19/h5-10,13-15H,1-4,11-12H2,(H,24,26)(H,25,27). The fraction of sp³-hybridized carbons (Fsp3) is 0.364. The van der Waals surface area contributed by atoms with Crippen LogP contribution < -0.4 is 20.1 Å². The topological polar surface area (TPSA) is 76.7 Å². The van der Waals surface area contributed by atoms with E-state index in [1.807, 2.05) is 0 Å². The predicted molar refractivity (Wildman–Crippen MR) is 107 cm³/mol. The van der Waals surface area contributed by atoms with E-state index in [0.29, 0.717) is 61.8 Å². The molecule has 4 rings (SSSR count). The average molecular weight is 398 g/mol. The molecule has 2 N–H and O–H groups in total. The van der Waals surface area contributed by atoms with Crippen molar-refractivity contribution in [3.8, 4) is 11.5 Å². The molecule has 2 amide bonds. The fourth-order valence-corrected chi connectivity index (χ4v) is 3.76. The lowest BCUT2D eigenvalue weighted by molar-refractivity contribution is -0.125. The summed E-state index contributed by atoms with van der Waals surface area (Å²) in [6, 6.07) is 11.1. The zero-order valence-corrected chi connectivity index (χ0v) is 15.9. The molecule has 0 bridgehead atoms. The number of amides is 2. The number of carbonyl (C=O) groups is 2. The highest BCUT2D eigenvalue weighted by Gasteiger charge is 2.30. The highest BCUT2D eigenvalue weighted by Crippen LogP contribution is 2.34. The summed E-state index contributed by atoms with van der Waals surface area (Å²) in [5.74, 6) is 0.586. The number of anilines is 2. The van der Waals surface area contributed by atoms with Crippen LogP contribution in [0.4, 0.5) is 15.8 Å². The largest absolute Gasteiger partial charge is 0.486 e. The molecule has 1 saturated carbocycles. The van der Waals surface area contributed by atoms with Crippen molar-refractivity contribution in [2.24, 2.45) is 11.8 Å². The van der Waals surface area contributed by atoms with E-state index in [4.69, 9.17) is 9.47 Å². The molecule has 2 aliphatic rings. The second kappa shape index (κ2) is 8.51. The molecular weight excluding hydrogens is 375 g/mol. The Morgan fingerprint density at radius 3 is 1.90 bits per heavy atom. The summed E-state index contributed by atoms with van der Waals surface area (Å²) in [5.41, 5.74) is 1.25.